The van der Waals surface area contributed by atoms with Crippen molar-refractivity contribution in [1.82, 2.24) is 0 Å². The van der Waals surface area contributed by atoms with Crippen molar-refractivity contribution in [3.8, 4) is 33.8 Å². The van der Waals surface area contributed by atoms with E-state index < -0.39 is 81.3 Å². The maximum Gasteiger partial charge on any atom is 0.573 e. The van der Waals surface area contributed by atoms with Crippen molar-refractivity contribution in [3.05, 3.63) is 59.7 Å². The first kappa shape index (κ1) is 28.6. The van der Waals surface area contributed by atoms with Crippen molar-refractivity contribution in [2.24, 2.45) is 0 Å². The molecule has 0 heterocycles. The number of rotatable bonds is 4. The summed E-state index contributed by atoms with van der Waals surface area (Å²) in [6.45, 7) is 0. The van der Waals surface area contributed by atoms with Gasteiger partial charge in [-0.05, 0) is 47.5 Å². The Morgan fingerprint density at radius 1 is 0.447 bits per heavy atom. The van der Waals surface area contributed by atoms with Gasteiger partial charge in [-0.3, -0.25) is 0 Å². The van der Waals surface area contributed by atoms with E-state index in [1.165, 1.54) is 0 Å². The number of nitrogen functional groups attached to an aromatic ring is 2. The monoisotopic (exact) mass is 564 g/mol. The summed E-state index contributed by atoms with van der Waals surface area (Å²) in [6.07, 6.45) is -21.8. The maximum atomic E-state index is 13.7. The van der Waals surface area contributed by atoms with E-state index in [4.69, 9.17) is 11.5 Å². The highest BCUT2D eigenvalue weighted by Gasteiger charge is 2.40. The van der Waals surface area contributed by atoms with E-state index in [2.05, 4.69) is 9.47 Å². The van der Waals surface area contributed by atoms with Crippen LogP contribution in [0.1, 0.15) is 11.1 Å². The molecule has 0 fully saturated rings. The third-order valence-corrected chi connectivity index (χ3v) is 4.81. The van der Waals surface area contributed by atoms with Crippen molar-refractivity contribution in [3.63, 3.8) is 0 Å². The topological polar surface area (TPSA) is 70.5 Å². The van der Waals surface area contributed by atoms with Crippen LogP contribution in [0.3, 0.4) is 0 Å². The minimum absolute atomic E-state index is 0.0567. The average molecular weight is 564 g/mol. The zero-order valence-corrected chi connectivity index (χ0v) is 18.1. The number of hydrogen-bond donors (Lipinski definition) is 2. The molecule has 206 valence electrons. The molecule has 0 radical (unpaired) electrons. The van der Waals surface area contributed by atoms with E-state index in [0.717, 1.165) is 12.1 Å². The summed E-state index contributed by atoms with van der Waals surface area (Å²) < 4.78 is 169. The number of halogens is 12. The number of alkyl halides is 12. The number of ether oxygens (including phenoxy) is 2. The highest BCUT2D eigenvalue weighted by molar-refractivity contribution is 5.85. The van der Waals surface area contributed by atoms with Crippen molar-refractivity contribution >= 4 is 11.4 Å². The predicted octanol–water partition coefficient (Wildman–Crippen LogP) is 8.02. The molecule has 0 aliphatic rings. The Labute approximate surface area is 204 Å². The van der Waals surface area contributed by atoms with Crippen LogP contribution in [0.15, 0.2) is 48.5 Å². The summed E-state index contributed by atoms with van der Waals surface area (Å²) in [5.74, 6) is -3.11. The molecule has 0 bridgehead atoms. The van der Waals surface area contributed by atoms with Gasteiger partial charge in [-0.15, -0.1) is 26.3 Å². The van der Waals surface area contributed by atoms with E-state index >= 15 is 0 Å². The number of benzene rings is 3. The van der Waals surface area contributed by atoms with Crippen molar-refractivity contribution < 1.29 is 62.2 Å². The lowest BCUT2D eigenvalue weighted by molar-refractivity contribution is -0.276. The van der Waals surface area contributed by atoms with Gasteiger partial charge in [0.05, 0.1) is 11.1 Å². The molecule has 0 atom stereocenters. The Hall–Kier alpha value is -3.98. The number of anilines is 2. The Kier molecular flexibility index (Phi) is 7.07. The first-order valence-corrected chi connectivity index (χ1v) is 9.79. The highest BCUT2D eigenvalue weighted by atomic mass is 19.4. The minimum atomic E-state index is -5.63. The van der Waals surface area contributed by atoms with E-state index in [9.17, 15) is 52.7 Å². The second-order valence-electron chi connectivity index (χ2n) is 7.55. The maximum absolute atomic E-state index is 13.7. The molecular formula is C22H12F12N2O2. The Morgan fingerprint density at radius 2 is 0.763 bits per heavy atom. The molecule has 3 rings (SSSR count). The van der Waals surface area contributed by atoms with Gasteiger partial charge in [0.2, 0.25) is 0 Å². The fourth-order valence-electron chi connectivity index (χ4n) is 3.46. The largest absolute Gasteiger partial charge is 0.573 e. The predicted molar refractivity (Wildman–Crippen MR) is 110 cm³/mol. The van der Waals surface area contributed by atoms with Crippen LogP contribution in [0.25, 0.3) is 22.3 Å². The zero-order chi connectivity index (χ0) is 28.8. The molecule has 0 saturated carbocycles. The van der Waals surface area contributed by atoms with Crippen molar-refractivity contribution in [2.45, 2.75) is 25.1 Å². The molecule has 0 aromatic heterocycles. The molecule has 16 heteroatoms. The summed E-state index contributed by atoms with van der Waals surface area (Å²) >= 11 is 0. The van der Waals surface area contributed by atoms with Crippen LogP contribution in [0.5, 0.6) is 11.5 Å². The number of hydrogen-bond acceptors (Lipinski definition) is 4. The van der Waals surface area contributed by atoms with Gasteiger partial charge in [0, 0.05) is 22.5 Å². The molecular weight excluding hydrogens is 552 g/mol. The van der Waals surface area contributed by atoms with Crippen LogP contribution in [0.4, 0.5) is 64.1 Å². The van der Waals surface area contributed by atoms with Crippen LogP contribution in [0.2, 0.25) is 0 Å². The Bertz CT molecular complexity index is 1240. The van der Waals surface area contributed by atoms with Crippen LogP contribution < -0.4 is 20.9 Å². The lowest BCUT2D eigenvalue weighted by Gasteiger charge is -2.22. The lowest BCUT2D eigenvalue weighted by atomic mass is 9.92. The summed E-state index contributed by atoms with van der Waals surface area (Å²) in [4.78, 5) is 0. The van der Waals surface area contributed by atoms with Gasteiger partial charge in [-0.25, -0.2) is 0 Å². The van der Waals surface area contributed by atoms with E-state index in [0.29, 0.717) is 24.3 Å². The minimum Gasteiger partial charge on any atom is -0.405 e. The molecule has 3 aromatic carbocycles. The molecule has 0 saturated heterocycles. The second kappa shape index (κ2) is 9.40. The average Bonchev–Trinajstić information content (AvgIpc) is 2.71. The van der Waals surface area contributed by atoms with Crippen LogP contribution in [-0.2, 0) is 12.4 Å². The molecule has 0 amide bonds. The first-order valence-electron chi connectivity index (χ1n) is 9.79. The molecule has 4 N–H and O–H groups in total. The molecule has 0 aliphatic carbocycles. The molecule has 3 aromatic rings. The Morgan fingerprint density at radius 3 is 1.03 bits per heavy atom. The fraction of sp³-hybridized carbons (Fsp3) is 0.182. The second-order valence-corrected chi connectivity index (χ2v) is 7.55. The molecule has 4 nitrogen and oxygen atoms in total. The standard InChI is InChI=1S/C22H12F12N2O2/c23-19(24,25)15-5-9(35)1-3-11(15)13-7-18(38-22(32,33)34)14(8-17(13)37-21(29,30)31)12-4-2-10(36)6-16(12)20(26,27)28/h1-8H,35-36H2. The molecule has 38 heavy (non-hydrogen) atoms. The lowest BCUT2D eigenvalue weighted by Crippen LogP contribution is -2.20. The summed E-state index contributed by atoms with van der Waals surface area (Å²) in [6, 6.07) is 3.43. The van der Waals surface area contributed by atoms with E-state index in [1.54, 1.807) is 0 Å². The van der Waals surface area contributed by atoms with Crippen molar-refractivity contribution in [1.29, 1.82) is 0 Å². The highest BCUT2D eigenvalue weighted by Crippen LogP contribution is 2.49. The third-order valence-electron chi connectivity index (χ3n) is 4.81. The smallest absolute Gasteiger partial charge is 0.405 e. The Balaban J connectivity index is 2.48. The van der Waals surface area contributed by atoms with Crippen molar-refractivity contribution in [2.75, 3.05) is 11.5 Å². The summed E-state index contributed by atoms with van der Waals surface area (Å²) in [5, 5.41) is 0. The molecule has 0 unspecified atom stereocenters. The van der Waals surface area contributed by atoms with Gasteiger partial charge in [-0.2, -0.15) is 26.3 Å². The van der Waals surface area contributed by atoms with Gasteiger partial charge < -0.3 is 20.9 Å². The van der Waals surface area contributed by atoms with Gasteiger partial charge in [0.15, 0.2) is 0 Å². The third kappa shape index (κ3) is 6.66. The van der Waals surface area contributed by atoms with Crippen LogP contribution in [0, 0.1) is 0 Å². The fourth-order valence-corrected chi connectivity index (χ4v) is 3.46. The zero-order valence-electron chi connectivity index (χ0n) is 18.1. The van der Waals surface area contributed by atoms with Gasteiger partial charge in [0.25, 0.3) is 0 Å². The molecule has 0 aliphatic heterocycles. The van der Waals surface area contributed by atoms with E-state index in [-0.39, 0.29) is 12.1 Å². The van der Waals surface area contributed by atoms with Gasteiger partial charge >= 0.3 is 25.1 Å². The van der Waals surface area contributed by atoms with Gasteiger partial charge in [0.1, 0.15) is 11.5 Å². The quantitative estimate of drug-likeness (QED) is 0.249. The molecule has 0 spiro atoms. The normalized spacial score (nSPS) is 12.9. The number of nitrogens with two attached hydrogens (primary N) is 2. The summed E-state index contributed by atoms with van der Waals surface area (Å²) in [7, 11) is 0. The van der Waals surface area contributed by atoms with Crippen LogP contribution >= 0.6 is 0 Å². The van der Waals surface area contributed by atoms with Gasteiger partial charge in [-0.1, -0.05) is 12.1 Å². The van der Waals surface area contributed by atoms with Crippen LogP contribution in [-0.4, -0.2) is 12.7 Å². The SMILES string of the molecule is Nc1ccc(-c2cc(OC(F)(F)F)c(-c3ccc(N)cc3C(F)(F)F)cc2OC(F)(F)F)c(C(F)(F)F)c1. The van der Waals surface area contributed by atoms with E-state index in [1.807, 2.05) is 0 Å². The summed E-state index contributed by atoms with van der Waals surface area (Å²) in [5.41, 5.74) is 1.59. The first-order chi connectivity index (χ1) is 17.2.